The topological polar surface area (TPSA) is 0 Å². The Bertz CT molecular complexity index is 431. The Labute approximate surface area is 87.0 Å². The van der Waals surface area contributed by atoms with Gasteiger partial charge in [-0.15, -0.1) is 11.3 Å². The second kappa shape index (κ2) is 3.93. The van der Waals surface area contributed by atoms with Crippen molar-refractivity contribution in [1.82, 2.24) is 0 Å². The van der Waals surface area contributed by atoms with E-state index in [2.05, 4.69) is 13.0 Å². The van der Waals surface area contributed by atoms with Gasteiger partial charge < -0.3 is 0 Å². The first-order valence-electron chi connectivity index (χ1n) is 4.54. The molecule has 0 N–H and O–H groups in total. The molecule has 2 rings (SSSR count). The monoisotopic (exact) mass is 206 g/mol. The fraction of sp³-hybridized carbons (Fsp3) is 0.167. The van der Waals surface area contributed by atoms with Crippen LogP contribution in [0.3, 0.4) is 0 Å². The molecule has 72 valence electrons. The molecule has 0 bridgehead atoms. The van der Waals surface area contributed by atoms with Crippen molar-refractivity contribution in [3.8, 4) is 0 Å². The molecule has 0 atom stereocenters. The van der Waals surface area contributed by atoms with Crippen LogP contribution >= 0.6 is 11.3 Å². The average molecular weight is 206 g/mol. The SMILES string of the molecule is Cc1ccsc1Cc1ccccc1F. The number of rotatable bonds is 2. The number of hydrogen-bond donors (Lipinski definition) is 0. The summed E-state index contributed by atoms with van der Waals surface area (Å²) in [6, 6.07) is 9.02. The molecule has 0 nitrogen and oxygen atoms in total. The summed E-state index contributed by atoms with van der Waals surface area (Å²) in [6.45, 7) is 2.06. The molecule has 14 heavy (non-hydrogen) atoms. The van der Waals surface area contributed by atoms with Crippen LogP contribution in [0.15, 0.2) is 35.7 Å². The lowest BCUT2D eigenvalue weighted by molar-refractivity contribution is 0.614. The van der Waals surface area contributed by atoms with Gasteiger partial charge in [0.05, 0.1) is 0 Å². The molecule has 0 radical (unpaired) electrons. The molecule has 2 aromatic rings. The van der Waals surface area contributed by atoms with Crippen molar-refractivity contribution < 1.29 is 4.39 Å². The van der Waals surface area contributed by atoms with Gasteiger partial charge in [0.25, 0.3) is 0 Å². The van der Waals surface area contributed by atoms with E-state index in [9.17, 15) is 4.39 Å². The van der Waals surface area contributed by atoms with Crippen molar-refractivity contribution >= 4 is 11.3 Å². The van der Waals surface area contributed by atoms with Gasteiger partial charge in [-0.2, -0.15) is 0 Å². The Morgan fingerprint density at radius 3 is 2.64 bits per heavy atom. The Balaban J connectivity index is 2.28. The third-order valence-corrected chi connectivity index (χ3v) is 3.30. The fourth-order valence-electron chi connectivity index (χ4n) is 1.40. The summed E-state index contributed by atoms with van der Waals surface area (Å²) in [5.41, 5.74) is 2.02. The van der Waals surface area contributed by atoms with Crippen LogP contribution in [0.4, 0.5) is 4.39 Å². The minimum Gasteiger partial charge on any atom is -0.207 e. The summed E-state index contributed by atoms with van der Waals surface area (Å²) in [5.74, 6) is -0.111. The number of halogens is 1. The van der Waals surface area contributed by atoms with E-state index in [0.717, 1.165) is 5.56 Å². The van der Waals surface area contributed by atoms with Gasteiger partial charge in [-0.25, -0.2) is 4.39 Å². The van der Waals surface area contributed by atoms with Gasteiger partial charge in [0.1, 0.15) is 5.82 Å². The number of aryl methyl sites for hydroxylation is 1. The third-order valence-electron chi connectivity index (χ3n) is 2.28. The maximum absolute atomic E-state index is 13.3. The first-order chi connectivity index (χ1) is 6.77. The summed E-state index contributed by atoms with van der Waals surface area (Å²) in [5, 5.41) is 2.05. The van der Waals surface area contributed by atoms with E-state index >= 15 is 0 Å². The lowest BCUT2D eigenvalue weighted by atomic mass is 10.1. The van der Waals surface area contributed by atoms with Crippen molar-refractivity contribution in [2.45, 2.75) is 13.3 Å². The molecule has 0 spiro atoms. The zero-order chi connectivity index (χ0) is 9.97. The zero-order valence-corrected chi connectivity index (χ0v) is 8.77. The van der Waals surface area contributed by atoms with Gasteiger partial charge in [-0.05, 0) is 35.6 Å². The van der Waals surface area contributed by atoms with Gasteiger partial charge in [0.2, 0.25) is 0 Å². The second-order valence-corrected chi connectivity index (χ2v) is 4.30. The minimum absolute atomic E-state index is 0.111. The van der Waals surface area contributed by atoms with Gasteiger partial charge in [-0.3, -0.25) is 0 Å². The molecule has 0 fully saturated rings. The Morgan fingerprint density at radius 2 is 2.00 bits per heavy atom. The smallest absolute Gasteiger partial charge is 0.126 e. The zero-order valence-electron chi connectivity index (χ0n) is 7.96. The number of hydrogen-bond acceptors (Lipinski definition) is 1. The van der Waals surface area contributed by atoms with E-state index < -0.39 is 0 Å². The van der Waals surface area contributed by atoms with Gasteiger partial charge in [0.15, 0.2) is 0 Å². The van der Waals surface area contributed by atoms with Gasteiger partial charge in [-0.1, -0.05) is 18.2 Å². The summed E-state index contributed by atoms with van der Waals surface area (Å²) < 4.78 is 13.3. The minimum atomic E-state index is -0.111. The number of thiophene rings is 1. The molecule has 0 unspecified atom stereocenters. The average Bonchev–Trinajstić information content (AvgIpc) is 2.56. The Morgan fingerprint density at radius 1 is 1.21 bits per heavy atom. The van der Waals surface area contributed by atoms with Crippen molar-refractivity contribution in [1.29, 1.82) is 0 Å². The van der Waals surface area contributed by atoms with Crippen molar-refractivity contribution in [3.05, 3.63) is 57.5 Å². The predicted molar refractivity (Wildman–Crippen MR) is 58.3 cm³/mol. The number of benzene rings is 1. The second-order valence-electron chi connectivity index (χ2n) is 3.29. The summed E-state index contributed by atoms with van der Waals surface area (Å²) in [7, 11) is 0. The van der Waals surface area contributed by atoms with Crippen LogP contribution in [0.25, 0.3) is 0 Å². The highest BCUT2D eigenvalue weighted by Gasteiger charge is 2.04. The molecule has 1 aromatic carbocycles. The quantitative estimate of drug-likeness (QED) is 0.701. The first kappa shape index (κ1) is 9.41. The molecule has 0 saturated heterocycles. The van der Waals surface area contributed by atoms with E-state index in [1.165, 1.54) is 16.5 Å². The first-order valence-corrected chi connectivity index (χ1v) is 5.41. The molecule has 2 heteroatoms. The van der Waals surface area contributed by atoms with Crippen molar-refractivity contribution in [3.63, 3.8) is 0 Å². The third kappa shape index (κ3) is 1.85. The Hall–Kier alpha value is -1.15. The van der Waals surface area contributed by atoms with E-state index in [4.69, 9.17) is 0 Å². The van der Waals surface area contributed by atoms with Crippen molar-refractivity contribution in [2.24, 2.45) is 0 Å². The Kier molecular flexibility index (Phi) is 2.64. The standard InChI is InChI=1S/C12H11FS/c1-9-6-7-14-12(9)8-10-4-2-3-5-11(10)13/h2-7H,8H2,1H3. The van der Waals surface area contributed by atoms with Gasteiger partial charge in [0, 0.05) is 11.3 Å². The summed E-state index contributed by atoms with van der Waals surface area (Å²) in [4.78, 5) is 1.25. The van der Waals surface area contributed by atoms with E-state index in [1.807, 2.05) is 17.5 Å². The molecule has 1 heterocycles. The van der Waals surface area contributed by atoms with Crippen LogP contribution in [0.5, 0.6) is 0 Å². The molecule has 0 aliphatic heterocycles. The highest BCUT2D eigenvalue weighted by atomic mass is 32.1. The normalized spacial score (nSPS) is 10.4. The van der Waals surface area contributed by atoms with Crippen LogP contribution < -0.4 is 0 Å². The highest BCUT2D eigenvalue weighted by Crippen LogP contribution is 2.20. The van der Waals surface area contributed by atoms with Crippen LogP contribution in [0, 0.1) is 12.7 Å². The molecule has 0 aliphatic carbocycles. The fourth-order valence-corrected chi connectivity index (χ4v) is 2.33. The van der Waals surface area contributed by atoms with E-state index in [-0.39, 0.29) is 5.82 Å². The molecule has 0 amide bonds. The lowest BCUT2D eigenvalue weighted by Crippen LogP contribution is -1.90. The van der Waals surface area contributed by atoms with E-state index in [0.29, 0.717) is 6.42 Å². The highest BCUT2D eigenvalue weighted by molar-refractivity contribution is 7.10. The van der Waals surface area contributed by atoms with Crippen LogP contribution in [0.2, 0.25) is 0 Å². The van der Waals surface area contributed by atoms with E-state index in [1.54, 1.807) is 17.4 Å². The molecular formula is C12H11FS. The molecule has 1 aromatic heterocycles. The largest absolute Gasteiger partial charge is 0.207 e. The maximum Gasteiger partial charge on any atom is 0.126 e. The lowest BCUT2D eigenvalue weighted by Gasteiger charge is -2.01. The maximum atomic E-state index is 13.3. The molecule has 0 saturated carbocycles. The van der Waals surface area contributed by atoms with Crippen LogP contribution in [0.1, 0.15) is 16.0 Å². The summed E-state index contributed by atoms with van der Waals surface area (Å²) >= 11 is 1.69. The molecule has 0 aliphatic rings. The van der Waals surface area contributed by atoms with Crippen molar-refractivity contribution in [2.75, 3.05) is 0 Å². The molecular weight excluding hydrogens is 195 g/mol. The van der Waals surface area contributed by atoms with Gasteiger partial charge >= 0.3 is 0 Å². The van der Waals surface area contributed by atoms with Crippen LogP contribution in [-0.4, -0.2) is 0 Å². The summed E-state index contributed by atoms with van der Waals surface area (Å²) in [6.07, 6.45) is 0.705. The predicted octanol–water partition coefficient (Wildman–Crippen LogP) is 3.79. The van der Waals surface area contributed by atoms with Crippen LogP contribution in [-0.2, 0) is 6.42 Å².